The summed E-state index contributed by atoms with van der Waals surface area (Å²) in [5.41, 5.74) is 0. The first-order valence-electron chi connectivity index (χ1n) is 3.51. The van der Waals surface area contributed by atoms with Gasteiger partial charge in [-0.15, -0.1) is 0 Å². The second-order valence-electron chi connectivity index (χ2n) is 2.18. The van der Waals surface area contributed by atoms with Gasteiger partial charge in [0, 0.05) is 17.1 Å². The molecule has 0 saturated carbocycles. The molecule has 0 saturated heterocycles. The molecule has 1 rings (SSSR count). The first-order valence-corrected chi connectivity index (χ1v) is 4.27. The molecule has 0 aromatic heterocycles. The molecule has 0 spiro atoms. The van der Waals surface area contributed by atoms with E-state index in [1.807, 2.05) is 5.32 Å². The highest BCUT2D eigenvalue weighted by atomic mass is 35.5. The smallest absolute Gasteiger partial charge is 0.404 e. The van der Waals surface area contributed by atoms with Crippen LogP contribution in [0.2, 0.25) is 10.0 Å². The number of hydrogen-bond donors (Lipinski definition) is 3. The van der Waals surface area contributed by atoms with E-state index in [-0.39, 0.29) is 5.75 Å². The predicted molar refractivity (Wildman–Crippen MR) is 55.2 cm³/mol. The third kappa shape index (κ3) is 6.39. The lowest BCUT2D eigenvalue weighted by molar-refractivity contribution is 0.197. The molecule has 1 aromatic rings. The first kappa shape index (κ1) is 12.9. The topological polar surface area (TPSA) is 69.6 Å². The highest BCUT2D eigenvalue weighted by Crippen LogP contribution is 2.22. The van der Waals surface area contributed by atoms with Crippen molar-refractivity contribution >= 4 is 29.3 Å². The lowest BCUT2D eigenvalue weighted by Crippen LogP contribution is -2.13. The van der Waals surface area contributed by atoms with Crippen molar-refractivity contribution in [3.63, 3.8) is 0 Å². The fourth-order valence-electron chi connectivity index (χ4n) is 0.539. The molecule has 0 atom stereocenters. The number of benzene rings is 1. The van der Waals surface area contributed by atoms with Gasteiger partial charge in [0.25, 0.3) is 0 Å². The summed E-state index contributed by atoms with van der Waals surface area (Å²) in [4.78, 5) is 9.26. The zero-order chi connectivity index (χ0) is 11.1. The number of halogens is 2. The predicted octanol–water partition coefficient (Wildman–Crippen LogP) is 2.58. The monoisotopic (exact) mass is 237 g/mol. The fraction of sp³-hybridized carbons (Fsp3) is 0.125. The number of phenols is 1. The van der Waals surface area contributed by atoms with Crippen molar-refractivity contribution in [2.75, 3.05) is 7.05 Å². The van der Waals surface area contributed by atoms with Gasteiger partial charge in [-0.25, -0.2) is 4.79 Å². The van der Waals surface area contributed by atoms with E-state index in [0.29, 0.717) is 10.0 Å². The summed E-state index contributed by atoms with van der Waals surface area (Å²) in [5, 5.41) is 19.3. The normalized spacial score (nSPS) is 8.50. The van der Waals surface area contributed by atoms with Crippen LogP contribution in [0.25, 0.3) is 0 Å². The van der Waals surface area contributed by atoms with Crippen molar-refractivity contribution in [1.29, 1.82) is 0 Å². The summed E-state index contributed by atoms with van der Waals surface area (Å²) in [6.45, 7) is 0. The van der Waals surface area contributed by atoms with Gasteiger partial charge >= 0.3 is 6.09 Å². The molecule has 0 unspecified atom stereocenters. The van der Waals surface area contributed by atoms with E-state index in [9.17, 15) is 4.79 Å². The van der Waals surface area contributed by atoms with E-state index in [2.05, 4.69) is 0 Å². The van der Waals surface area contributed by atoms with E-state index in [4.69, 9.17) is 33.4 Å². The summed E-state index contributed by atoms with van der Waals surface area (Å²) in [6.07, 6.45) is -0.995. The van der Waals surface area contributed by atoms with Crippen molar-refractivity contribution in [2.24, 2.45) is 0 Å². The Morgan fingerprint density at radius 1 is 1.29 bits per heavy atom. The number of nitrogens with one attached hydrogen (secondary N) is 1. The van der Waals surface area contributed by atoms with Crippen LogP contribution in [0.5, 0.6) is 5.75 Å². The van der Waals surface area contributed by atoms with Gasteiger partial charge in [-0.05, 0) is 18.2 Å². The molecule has 6 heteroatoms. The third-order valence-electron chi connectivity index (χ3n) is 1.06. The standard InChI is InChI=1S/C6H4Cl2O.C2H5NO2/c7-4-1-5(8)3-6(9)2-4;1-3-2(4)5/h1-3,9H;3H,1H3,(H,4,5). The maximum Gasteiger partial charge on any atom is 0.404 e. The number of hydrogen-bond acceptors (Lipinski definition) is 2. The van der Waals surface area contributed by atoms with Crippen molar-refractivity contribution < 1.29 is 15.0 Å². The number of phenolic OH excluding ortho intramolecular Hbond substituents is 1. The van der Waals surface area contributed by atoms with Gasteiger partial charge < -0.3 is 15.5 Å². The maximum atomic E-state index is 9.26. The van der Waals surface area contributed by atoms with E-state index in [1.165, 1.54) is 19.2 Å². The Kier molecular flexibility index (Phi) is 5.83. The zero-order valence-electron chi connectivity index (χ0n) is 7.29. The summed E-state index contributed by atoms with van der Waals surface area (Å²) in [7, 11) is 1.35. The summed E-state index contributed by atoms with van der Waals surface area (Å²) < 4.78 is 0. The minimum absolute atomic E-state index is 0.0903. The average molecular weight is 238 g/mol. The van der Waals surface area contributed by atoms with Gasteiger partial charge in [0.2, 0.25) is 0 Å². The molecule has 78 valence electrons. The molecule has 1 aromatic carbocycles. The third-order valence-corrected chi connectivity index (χ3v) is 1.50. The minimum Gasteiger partial charge on any atom is -0.508 e. The van der Waals surface area contributed by atoms with Crippen LogP contribution < -0.4 is 5.32 Å². The highest BCUT2D eigenvalue weighted by Gasteiger charge is 1.93. The Morgan fingerprint density at radius 2 is 1.64 bits per heavy atom. The van der Waals surface area contributed by atoms with E-state index in [1.54, 1.807) is 6.07 Å². The average Bonchev–Trinajstić information content (AvgIpc) is 2.02. The second kappa shape index (κ2) is 6.34. The van der Waals surface area contributed by atoms with Crippen molar-refractivity contribution in [3.05, 3.63) is 28.2 Å². The van der Waals surface area contributed by atoms with Gasteiger partial charge in [0.15, 0.2) is 0 Å². The largest absolute Gasteiger partial charge is 0.508 e. The van der Waals surface area contributed by atoms with Gasteiger partial charge in [-0.1, -0.05) is 23.2 Å². The second-order valence-corrected chi connectivity index (χ2v) is 3.06. The molecule has 0 radical (unpaired) electrons. The van der Waals surface area contributed by atoms with Crippen LogP contribution in [0.3, 0.4) is 0 Å². The van der Waals surface area contributed by atoms with Gasteiger partial charge in [0.1, 0.15) is 5.75 Å². The number of carboxylic acid groups (broad SMARTS) is 1. The van der Waals surface area contributed by atoms with Gasteiger partial charge in [0.05, 0.1) is 0 Å². The van der Waals surface area contributed by atoms with Crippen molar-refractivity contribution in [1.82, 2.24) is 5.32 Å². The summed E-state index contributed by atoms with van der Waals surface area (Å²) in [6, 6.07) is 4.41. The first-order chi connectivity index (χ1) is 6.45. The van der Waals surface area contributed by atoms with Crippen LogP contribution in [-0.2, 0) is 0 Å². The summed E-state index contributed by atoms with van der Waals surface area (Å²) in [5.74, 6) is 0.0903. The van der Waals surface area contributed by atoms with Crippen LogP contribution in [0.1, 0.15) is 0 Å². The van der Waals surface area contributed by atoms with Crippen LogP contribution in [-0.4, -0.2) is 23.4 Å². The highest BCUT2D eigenvalue weighted by molar-refractivity contribution is 6.34. The molecule has 1 amide bonds. The van der Waals surface area contributed by atoms with Crippen LogP contribution >= 0.6 is 23.2 Å². The minimum atomic E-state index is -0.995. The quantitative estimate of drug-likeness (QED) is 0.650. The molecule has 14 heavy (non-hydrogen) atoms. The molecule has 0 bridgehead atoms. The molecule has 0 aliphatic heterocycles. The number of amides is 1. The van der Waals surface area contributed by atoms with Gasteiger partial charge in [-0.3, -0.25) is 0 Å². The Bertz CT molecular complexity index is 267. The Hall–Kier alpha value is -1.13. The Labute approximate surface area is 91.1 Å². The number of rotatable bonds is 0. The molecule has 3 N–H and O–H groups in total. The van der Waals surface area contributed by atoms with E-state index >= 15 is 0 Å². The van der Waals surface area contributed by atoms with Crippen LogP contribution in [0.15, 0.2) is 18.2 Å². The summed E-state index contributed by atoms with van der Waals surface area (Å²) >= 11 is 11.0. The number of aromatic hydroxyl groups is 1. The van der Waals surface area contributed by atoms with E-state index in [0.717, 1.165) is 0 Å². The van der Waals surface area contributed by atoms with Crippen molar-refractivity contribution in [2.45, 2.75) is 0 Å². The SMILES string of the molecule is CNC(=O)O.Oc1cc(Cl)cc(Cl)c1. The Morgan fingerprint density at radius 3 is 1.86 bits per heavy atom. The van der Waals surface area contributed by atoms with Crippen molar-refractivity contribution in [3.8, 4) is 5.75 Å². The zero-order valence-corrected chi connectivity index (χ0v) is 8.80. The fourth-order valence-corrected chi connectivity index (χ4v) is 1.05. The molecule has 4 nitrogen and oxygen atoms in total. The molecule has 0 heterocycles. The molecular weight excluding hydrogens is 229 g/mol. The molecule has 0 aliphatic rings. The molecule has 0 fully saturated rings. The lowest BCUT2D eigenvalue weighted by atomic mass is 10.3. The molecular formula is C8H9Cl2NO3. The lowest BCUT2D eigenvalue weighted by Gasteiger charge is -1.92. The van der Waals surface area contributed by atoms with E-state index < -0.39 is 6.09 Å². The number of carbonyl (C=O) groups is 1. The van der Waals surface area contributed by atoms with Crippen LogP contribution in [0, 0.1) is 0 Å². The molecule has 0 aliphatic carbocycles. The Balaban J connectivity index is 0.000000292. The maximum absolute atomic E-state index is 9.26. The van der Waals surface area contributed by atoms with Crippen LogP contribution in [0.4, 0.5) is 4.79 Å². The van der Waals surface area contributed by atoms with Gasteiger partial charge in [-0.2, -0.15) is 0 Å².